The molecule has 4 nitrogen and oxygen atoms in total. The Labute approximate surface area is 206 Å². The Kier molecular flexibility index (Phi) is 5.01. The van der Waals surface area contributed by atoms with Crippen LogP contribution >= 0.6 is 0 Å². The Morgan fingerprint density at radius 3 is 1.28 bits per heavy atom. The first-order chi connectivity index (χ1) is 17.5. The molecule has 7 aromatic carbocycles. The highest BCUT2D eigenvalue weighted by Crippen LogP contribution is 2.39. The molecular weight excluding hydrogens is 446 g/mol. The molecule has 4 heteroatoms. The van der Waals surface area contributed by atoms with Gasteiger partial charge >= 0.3 is 5.97 Å². The van der Waals surface area contributed by atoms with Crippen molar-refractivity contribution >= 4 is 65.7 Å². The topological polar surface area (TPSA) is 80.4 Å². The normalized spacial score (nSPS) is 11.2. The van der Waals surface area contributed by atoms with Crippen LogP contribution in [-0.2, 0) is 0 Å². The highest BCUT2D eigenvalue weighted by molar-refractivity contribution is 6.32. The number of aromatic carboxylic acids is 1. The van der Waals surface area contributed by atoms with Crippen LogP contribution in [0.4, 0.5) is 0 Å². The van der Waals surface area contributed by atoms with Crippen LogP contribution in [-0.4, -0.2) is 17.0 Å². The third-order valence-corrected chi connectivity index (χ3v) is 6.76. The third kappa shape index (κ3) is 3.48. The second-order valence-corrected chi connectivity index (χ2v) is 8.86. The molecule has 172 valence electrons. The van der Waals surface area contributed by atoms with E-state index in [-0.39, 0.29) is 5.56 Å². The van der Waals surface area contributed by atoms with Gasteiger partial charge in [-0.15, -0.1) is 0 Å². The number of fused-ring (bicyclic) bond motifs is 3. The van der Waals surface area contributed by atoms with Gasteiger partial charge in [0.2, 0.25) is 5.91 Å². The molecule has 0 saturated heterocycles. The van der Waals surface area contributed by atoms with E-state index in [4.69, 9.17) is 10.8 Å². The van der Waals surface area contributed by atoms with Gasteiger partial charge in [0.15, 0.2) is 0 Å². The fraction of sp³-hybridized carbons (Fsp3) is 0. The van der Waals surface area contributed by atoms with Crippen LogP contribution in [0.15, 0.2) is 109 Å². The Bertz CT molecular complexity index is 1730. The first-order valence-electron chi connectivity index (χ1n) is 11.6. The number of nitrogens with two attached hydrogens (primary N) is 1. The third-order valence-electron chi connectivity index (χ3n) is 6.76. The van der Waals surface area contributed by atoms with Gasteiger partial charge < -0.3 is 10.8 Å². The molecule has 0 heterocycles. The zero-order valence-corrected chi connectivity index (χ0v) is 19.2. The molecule has 0 bridgehead atoms. The molecule has 0 spiro atoms. The second kappa shape index (κ2) is 8.36. The Hall–Kier alpha value is -4.96. The van der Waals surface area contributed by atoms with Crippen molar-refractivity contribution in [2.24, 2.45) is 5.73 Å². The van der Waals surface area contributed by atoms with Crippen molar-refractivity contribution in [3.8, 4) is 0 Å². The number of carboxylic acid groups (broad SMARTS) is 1. The van der Waals surface area contributed by atoms with Crippen LogP contribution in [0, 0.1) is 0 Å². The molecule has 36 heavy (non-hydrogen) atoms. The minimum absolute atomic E-state index is 0.222. The number of carbonyl (C=O) groups is 2. The van der Waals surface area contributed by atoms with Gasteiger partial charge in [-0.3, -0.25) is 4.79 Å². The molecule has 3 N–H and O–H groups in total. The lowest BCUT2D eigenvalue weighted by Crippen LogP contribution is -2.10. The van der Waals surface area contributed by atoms with E-state index >= 15 is 0 Å². The van der Waals surface area contributed by atoms with Crippen molar-refractivity contribution < 1.29 is 14.7 Å². The van der Waals surface area contributed by atoms with Crippen molar-refractivity contribution in [1.82, 2.24) is 0 Å². The molecule has 0 aliphatic carbocycles. The molecule has 7 rings (SSSR count). The van der Waals surface area contributed by atoms with Crippen LogP contribution in [0.3, 0.4) is 0 Å². The summed E-state index contributed by atoms with van der Waals surface area (Å²) in [6.07, 6.45) is 0. The van der Waals surface area contributed by atoms with Crippen LogP contribution in [0.5, 0.6) is 0 Å². The van der Waals surface area contributed by atoms with Crippen LogP contribution in [0.2, 0.25) is 0 Å². The second-order valence-electron chi connectivity index (χ2n) is 8.86. The van der Waals surface area contributed by atoms with E-state index in [0.717, 1.165) is 10.8 Å². The average molecular weight is 468 g/mol. The molecule has 0 aliphatic rings. The Morgan fingerprint density at radius 2 is 0.889 bits per heavy atom. The van der Waals surface area contributed by atoms with E-state index in [1.807, 2.05) is 0 Å². The van der Waals surface area contributed by atoms with Crippen LogP contribution in [0.1, 0.15) is 20.7 Å². The van der Waals surface area contributed by atoms with Gasteiger partial charge in [-0.2, -0.15) is 0 Å². The van der Waals surface area contributed by atoms with Crippen molar-refractivity contribution in [2.45, 2.75) is 0 Å². The minimum Gasteiger partial charge on any atom is -0.478 e. The maximum Gasteiger partial charge on any atom is 0.335 e. The molecule has 0 aliphatic heterocycles. The van der Waals surface area contributed by atoms with Gasteiger partial charge in [-0.05, 0) is 78.1 Å². The molecular formula is C32H21NO3. The van der Waals surface area contributed by atoms with Crippen molar-refractivity contribution in [3.05, 3.63) is 120 Å². The van der Waals surface area contributed by atoms with E-state index in [1.165, 1.54) is 49.2 Å². The first-order valence-corrected chi connectivity index (χ1v) is 11.6. The maximum atomic E-state index is 10.9. The smallest absolute Gasteiger partial charge is 0.335 e. The Balaban J connectivity index is 0.000000138. The maximum absolute atomic E-state index is 10.9. The van der Waals surface area contributed by atoms with E-state index in [9.17, 15) is 9.59 Å². The summed E-state index contributed by atoms with van der Waals surface area (Å²) in [6, 6.07) is 36.1. The van der Waals surface area contributed by atoms with Crippen molar-refractivity contribution in [3.63, 3.8) is 0 Å². The Morgan fingerprint density at radius 1 is 0.500 bits per heavy atom. The lowest BCUT2D eigenvalue weighted by atomic mass is 9.90. The number of primary amides is 1. The van der Waals surface area contributed by atoms with Crippen LogP contribution in [0.25, 0.3) is 53.9 Å². The van der Waals surface area contributed by atoms with E-state index in [1.54, 1.807) is 30.3 Å². The number of rotatable bonds is 2. The quantitative estimate of drug-likeness (QED) is 0.206. The molecule has 0 saturated carbocycles. The summed E-state index contributed by atoms with van der Waals surface area (Å²) < 4.78 is 0. The summed E-state index contributed by atoms with van der Waals surface area (Å²) in [5.41, 5.74) is 5.78. The standard InChI is InChI=1S/C20H12.C12H9NO3/c1-5-13-6-2-11-17-18-12-4-8-14-7-3-10-16(20(14)18)15(9-1)19(13)17;13-11(14)9-3-1-8-6-10(12(15)16)4-2-7(8)5-9/h1-12H;1-6H,(H2,13,14)(H,15,16). The predicted molar refractivity (Wildman–Crippen MR) is 147 cm³/mol. The molecule has 0 atom stereocenters. The number of hydrogen-bond acceptors (Lipinski definition) is 2. The first kappa shape index (κ1) is 21.6. The molecule has 0 unspecified atom stereocenters. The number of amides is 1. The zero-order chi connectivity index (χ0) is 24.8. The number of benzene rings is 7. The molecule has 1 amide bonds. The van der Waals surface area contributed by atoms with Gasteiger partial charge in [0, 0.05) is 5.56 Å². The summed E-state index contributed by atoms with van der Waals surface area (Å²) in [6.45, 7) is 0. The minimum atomic E-state index is -0.971. The van der Waals surface area contributed by atoms with Gasteiger partial charge in [-0.25, -0.2) is 4.79 Å². The summed E-state index contributed by atoms with van der Waals surface area (Å²) in [4.78, 5) is 21.7. The highest BCUT2D eigenvalue weighted by atomic mass is 16.4. The number of hydrogen-bond donors (Lipinski definition) is 2. The van der Waals surface area contributed by atoms with Gasteiger partial charge in [0.05, 0.1) is 5.56 Å². The largest absolute Gasteiger partial charge is 0.478 e. The van der Waals surface area contributed by atoms with Crippen LogP contribution < -0.4 is 5.73 Å². The van der Waals surface area contributed by atoms with Gasteiger partial charge in [0.1, 0.15) is 0 Å². The summed E-state index contributed by atoms with van der Waals surface area (Å²) >= 11 is 0. The highest BCUT2D eigenvalue weighted by Gasteiger charge is 2.11. The van der Waals surface area contributed by atoms with E-state index in [2.05, 4.69) is 72.8 Å². The predicted octanol–water partition coefficient (Wildman–Crippen LogP) is 7.37. The molecule has 0 radical (unpaired) electrons. The van der Waals surface area contributed by atoms with Crippen molar-refractivity contribution in [1.29, 1.82) is 0 Å². The van der Waals surface area contributed by atoms with Gasteiger partial charge in [-0.1, -0.05) is 84.9 Å². The van der Waals surface area contributed by atoms with Gasteiger partial charge in [0.25, 0.3) is 0 Å². The van der Waals surface area contributed by atoms with E-state index in [0.29, 0.717) is 5.56 Å². The van der Waals surface area contributed by atoms with E-state index < -0.39 is 11.9 Å². The summed E-state index contributed by atoms with van der Waals surface area (Å²) in [5, 5.41) is 21.3. The fourth-order valence-electron chi connectivity index (χ4n) is 5.11. The summed E-state index contributed by atoms with van der Waals surface area (Å²) in [7, 11) is 0. The molecule has 0 aromatic heterocycles. The lowest BCUT2D eigenvalue weighted by Gasteiger charge is -2.13. The average Bonchev–Trinajstić information content (AvgIpc) is 2.91. The number of carbonyl (C=O) groups excluding carboxylic acids is 1. The lowest BCUT2D eigenvalue weighted by molar-refractivity contribution is 0.0696. The van der Waals surface area contributed by atoms with Crippen molar-refractivity contribution in [2.75, 3.05) is 0 Å². The summed E-state index contributed by atoms with van der Waals surface area (Å²) in [5.74, 6) is -1.47. The molecule has 0 fully saturated rings. The molecule has 7 aromatic rings. The zero-order valence-electron chi connectivity index (χ0n) is 19.2. The monoisotopic (exact) mass is 467 g/mol. The fourth-order valence-corrected chi connectivity index (χ4v) is 5.11. The number of carboxylic acids is 1. The SMILES string of the molecule is NC(=O)c1ccc2cc(C(=O)O)ccc2c1.c1cc2cccc3c4cccc5cccc(c(c1)c23)c54.